The highest BCUT2D eigenvalue weighted by Gasteiger charge is 2.25. The SMILES string of the molecule is Cc1cc(=O)n(CC(=O)N2CCC(C(N)=O)CC2)cn1. The zero-order chi connectivity index (χ0) is 14.7. The molecule has 0 radical (unpaired) electrons. The summed E-state index contributed by atoms with van der Waals surface area (Å²) in [4.78, 5) is 40.5. The molecule has 1 aliphatic rings. The third-order valence-electron chi connectivity index (χ3n) is 3.57. The van der Waals surface area contributed by atoms with Gasteiger partial charge in [0.1, 0.15) is 6.54 Å². The van der Waals surface area contributed by atoms with E-state index in [1.165, 1.54) is 17.0 Å². The topological polar surface area (TPSA) is 98.3 Å². The maximum absolute atomic E-state index is 12.1. The van der Waals surface area contributed by atoms with E-state index in [1.54, 1.807) is 11.8 Å². The highest BCUT2D eigenvalue weighted by Crippen LogP contribution is 2.16. The number of primary amides is 1. The van der Waals surface area contributed by atoms with Crippen molar-refractivity contribution in [2.75, 3.05) is 13.1 Å². The number of hydrogen-bond donors (Lipinski definition) is 1. The molecule has 2 amide bonds. The van der Waals surface area contributed by atoms with Gasteiger partial charge in [0.2, 0.25) is 11.8 Å². The van der Waals surface area contributed by atoms with E-state index in [4.69, 9.17) is 5.73 Å². The van der Waals surface area contributed by atoms with Gasteiger partial charge in [0.25, 0.3) is 5.56 Å². The van der Waals surface area contributed by atoms with Gasteiger partial charge in [0.15, 0.2) is 0 Å². The van der Waals surface area contributed by atoms with E-state index in [-0.39, 0.29) is 29.8 Å². The minimum Gasteiger partial charge on any atom is -0.369 e. The number of nitrogens with zero attached hydrogens (tertiary/aromatic N) is 3. The Bertz CT molecular complexity index is 573. The molecule has 108 valence electrons. The number of aryl methyl sites for hydroxylation is 1. The normalized spacial score (nSPS) is 16.1. The summed E-state index contributed by atoms with van der Waals surface area (Å²) in [6.07, 6.45) is 2.55. The van der Waals surface area contributed by atoms with Crippen LogP contribution in [-0.4, -0.2) is 39.4 Å². The molecule has 1 aliphatic heterocycles. The van der Waals surface area contributed by atoms with Gasteiger partial charge in [-0.05, 0) is 19.8 Å². The number of nitrogens with two attached hydrogens (primary N) is 1. The Hall–Kier alpha value is -2.18. The summed E-state index contributed by atoms with van der Waals surface area (Å²) >= 11 is 0. The van der Waals surface area contributed by atoms with E-state index in [0.717, 1.165) is 0 Å². The van der Waals surface area contributed by atoms with Gasteiger partial charge < -0.3 is 10.6 Å². The Morgan fingerprint density at radius 2 is 2.05 bits per heavy atom. The molecule has 0 unspecified atom stereocenters. The molecule has 2 heterocycles. The van der Waals surface area contributed by atoms with Crippen LogP contribution in [0.5, 0.6) is 0 Å². The van der Waals surface area contributed by atoms with E-state index in [1.807, 2.05) is 0 Å². The number of amides is 2. The lowest BCUT2D eigenvalue weighted by molar-refractivity contribution is -0.135. The number of rotatable bonds is 3. The van der Waals surface area contributed by atoms with Crippen LogP contribution >= 0.6 is 0 Å². The summed E-state index contributed by atoms with van der Waals surface area (Å²) in [5, 5.41) is 0. The summed E-state index contributed by atoms with van der Waals surface area (Å²) < 4.78 is 1.29. The van der Waals surface area contributed by atoms with Crippen LogP contribution in [0.4, 0.5) is 0 Å². The average molecular weight is 278 g/mol. The summed E-state index contributed by atoms with van der Waals surface area (Å²) in [6.45, 7) is 2.70. The molecule has 7 heteroatoms. The minimum absolute atomic E-state index is 0.0205. The van der Waals surface area contributed by atoms with Crippen LogP contribution in [0.2, 0.25) is 0 Å². The number of piperidine rings is 1. The van der Waals surface area contributed by atoms with Crippen molar-refractivity contribution in [3.63, 3.8) is 0 Å². The zero-order valence-corrected chi connectivity index (χ0v) is 11.4. The van der Waals surface area contributed by atoms with Crippen LogP contribution < -0.4 is 11.3 Å². The van der Waals surface area contributed by atoms with Crippen LogP contribution in [0.15, 0.2) is 17.2 Å². The van der Waals surface area contributed by atoms with Gasteiger partial charge in [-0.3, -0.25) is 19.0 Å². The molecule has 1 saturated heterocycles. The summed E-state index contributed by atoms with van der Waals surface area (Å²) in [7, 11) is 0. The lowest BCUT2D eigenvalue weighted by Gasteiger charge is -2.30. The number of hydrogen-bond acceptors (Lipinski definition) is 4. The summed E-state index contributed by atoms with van der Waals surface area (Å²) in [5.74, 6) is -0.598. The van der Waals surface area contributed by atoms with Crippen LogP contribution in [0, 0.1) is 12.8 Å². The maximum Gasteiger partial charge on any atom is 0.253 e. The Kier molecular flexibility index (Phi) is 4.16. The Morgan fingerprint density at radius 3 is 2.60 bits per heavy atom. The molecule has 0 saturated carbocycles. The van der Waals surface area contributed by atoms with E-state index < -0.39 is 0 Å². The lowest BCUT2D eigenvalue weighted by Crippen LogP contribution is -2.43. The Labute approximate surface area is 116 Å². The van der Waals surface area contributed by atoms with E-state index >= 15 is 0 Å². The molecule has 2 N–H and O–H groups in total. The standard InChI is InChI=1S/C13H18N4O3/c1-9-6-11(18)17(8-15-9)7-12(19)16-4-2-10(3-5-16)13(14)20/h6,8,10H,2-5,7H2,1H3,(H2,14,20). The van der Waals surface area contributed by atoms with Gasteiger partial charge >= 0.3 is 0 Å². The maximum atomic E-state index is 12.1. The van der Waals surface area contributed by atoms with Crippen LogP contribution in [0.3, 0.4) is 0 Å². The van der Waals surface area contributed by atoms with E-state index in [0.29, 0.717) is 31.6 Å². The highest BCUT2D eigenvalue weighted by atomic mass is 16.2. The second-order valence-corrected chi connectivity index (χ2v) is 5.05. The van der Waals surface area contributed by atoms with Gasteiger partial charge in [-0.15, -0.1) is 0 Å². The van der Waals surface area contributed by atoms with E-state index in [2.05, 4.69) is 4.98 Å². The van der Waals surface area contributed by atoms with Gasteiger partial charge in [0.05, 0.1) is 6.33 Å². The van der Waals surface area contributed by atoms with Crippen molar-refractivity contribution in [1.29, 1.82) is 0 Å². The molecule has 0 atom stereocenters. The van der Waals surface area contributed by atoms with Crippen molar-refractivity contribution in [2.24, 2.45) is 11.7 Å². The third-order valence-corrected chi connectivity index (χ3v) is 3.57. The van der Waals surface area contributed by atoms with Crippen LogP contribution in [-0.2, 0) is 16.1 Å². The molecule has 20 heavy (non-hydrogen) atoms. The van der Waals surface area contributed by atoms with Crippen molar-refractivity contribution >= 4 is 11.8 Å². The quantitative estimate of drug-likeness (QED) is 0.788. The largest absolute Gasteiger partial charge is 0.369 e. The Balaban J connectivity index is 1.96. The fourth-order valence-corrected chi connectivity index (χ4v) is 2.29. The molecule has 0 aliphatic carbocycles. The predicted molar refractivity (Wildman–Crippen MR) is 71.7 cm³/mol. The first-order chi connectivity index (χ1) is 9.47. The fourth-order valence-electron chi connectivity index (χ4n) is 2.29. The molecule has 0 spiro atoms. The zero-order valence-electron chi connectivity index (χ0n) is 11.4. The first-order valence-electron chi connectivity index (χ1n) is 6.57. The smallest absolute Gasteiger partial charge is 0.253 e. The number of carbonyl (C=O) groups excluding carboxylic acids is 2. The predicted octanol–water partition coefficient (Wildman–Crippen LogP) is -0.724. The van der Waals surface area contributed by atoms with Gasteiger partial charge in [-0.1, -0.05) is 0 Å². The first kappa shape index (κ1) is 14.2. The van der Waals surface area contributed by atoms with Crippen molar-refractivity contribution in [2.45, 2.75) is 26.3 Å². The molecular weight excluding hydrogens is 260 g/mol. The molecular formula is C13H18N4O3. The van der Waals surface area contributed by atoms with Gasteiger partial charge in [0, 0.05) is 30.8 Å². The van der Waals surface area contributed by atoms with Crippen LogP contribution in [0.1, 0.15) is 18.5 Å². The third kappa shape index (κ3) is 3.23. The molecule has 2 rings (SSSR count). The number of aromatic nitrogens is 2. The molecule has 0 bridgehead atoms. The van der Waals surface area contributed by atoms with Crippen molar-refractivity contribution < 1.29 is 9.59 Å². The number of carbonyl (C=O) groups is 2. The van der Waals surface area contributed by atoms with Gasteiger partial charge in [-0.25, -0.2) is 4.98 Å². The highest BCUT2D eigenvalue weighted by molar-refractivity contribution is 5.78. The molecule has 1 fully saturated rings. The van der Waals surface area contributed by atoms with Crippen molar-refractivity contribution in [3.8, 4) is 0 Å². The van der Waals surface area contributed by atoms with Gasteiger partial charge in [-0.2, -0.15) is 0 Å². The monoisotopic (exact) mass is 278 g/mol. The summed E-state index contributed by atoms with van der Waals surface area (Å²) in [5.41, 5.74) is 5.64. The minimum atomic E-state index is -0.309. The second-order valence-electron chi connectivity index (χ2n) is 5.05. The fraction of sp³-hybridized carbons (Fsp3) is 0.538. The first-order valence-corrected chi connectivity index (χ1v) is 6.57. The lowest BCUT2D eigenvalue weighted by atomic mass is 9.96. The molecule has 7 nitrogen and oxygen atoms in total. The Morgan fingerprint density at radius 1 is 1.40 bits per heavy atom. The molecule has 1 aromatic rings. The molecule has 0 aromatic carbocycles. The number of likely N-dealkylation sites (tertiary alicyclic amines) is 1. The van der Waals surface area contributed by atoms with Crippen molar-refractivity contribution in [1.82, 2.24) is 14.5 Å². The van der Waals surface area contributed by atoms with Crippen LogP contribution in [0.25, 0.3) is 0 Å². The van der Waals surface area contributed by atoms with Crippen molar-refractivity contribution in [3.05, 3.63) is 28.4 Å². The summed E-state index contributed by atoms with van der Waals surface area (Å²) in [6, 6.07) is 1.40. The van der Waals surface area contributed by atoms with E-state index in [9.17, 15) is 14.4 Å². The average Bonchev–Trinajstić information content (AvgIpc) is 2.42. The molecule has 1 aromatic heterocycles. The second kappa shape index (κ2) is 5.85.